The summed E-state index contributed by atoms with van der Waals surface area (Å²) in [6.07, 6.45) is 0.649. The third kappa shape index (κ3) is 4.19. The predicted molar refractivity (Wildman–Crippen MR) is 117 cm³/mol. The number of rotatable bonds is 5. The first-order chi connectivity index (χ1) is 13.8. The first-order valence-electron chi connectivity index (χ1n) is 9.57. The van der Waals surface area contributed by atoms with Gasteiger partial charge in [0, 0.05) is 11.6 Å². The quantitative estimate of drug-likeness (QED) is 0.583. The molecule has 1 aliphatic rings. The molecular formula is C21H24N4O2S2. The van der Waals surface area contributed by atoms with Crippen molar-refractivity contribution in [2.45, 2.75) is 26.1 Å². The lowest BCUT2D eigenvalue weighted by Crippen LogP contribution is -2.34. The molecule has 0 radical (unpaired) electrons. The summed E-state index contributed by atoms with van der Waals surface area (Å²) in [5, 5.41) is 4.82. The van der Waals surface area contributed by atoms with Crippen molar-refractivity contribution in [1.82, 2.24) is 19.2 Å². The lowest BCUT2D eigenvalue weighted by atomic mass is 10.2. The van der Waals surface area contributed by atoms with Crippen LogP contribution in [-0.2, 0) is 16.5 Å². The minimum Gasteiger partial charge on any atom is -0.283 e. The Morgan fingerprint density at radius 3 is 2.59 bits per heavy atom. The van der Waals surface area contributed by atoms with Gasteiger partial charge >= 0.3 is 0 Å². The van der Waals surface area contributed by atoms with Gasteiger partial charge in [-0.3, -0.25) is 9.47 Å². The van der Waals surface area contributed by atoms with Crippen LogP contribution in [0, 0.1) is 11.7 Å². The van der Waals surface area contributed by atoms with Crippen LogP contribution >= 0.6 is 12.2 Å². The van der Waals surface area contributed by atoms with Gasteiger partial charge in [-0.05, 0) is 50.3 Å². The summed E-state index contributed by atoms with van der Waals surface area (Å²) in [5.74, 6) is 1.22. The van der Waals surface area contributed by atoms with E-state index < -0.39 is 9.84 Å². The number of nitrogens with zero attached hydrogens (tertiary/aromatic N) is 4. The lowest BCUT2D eigenvalue weighted by molar-refractivity contribution is 0.196. The summed E-state index contributed by atoms with van der Waals surface area (Å²) in [7, 11) is -1.01. The second-order valence-electron chi connectivity index (χ2n) is 7.60. The lowest BCUT2D eigenvalue weighted by Gasteiger charge is -2.22. The van der Waals surface area contributed by atoms with Crippen LogP contribution in [0.15, 0.2) is 54.6 Å². The monoisotopic (exact) mass is 428 g/mol. The van der Waals surface area contributed by atoms with Crippen molar-refractivity contribution in [3.63, 3.8) is 0 Å². The standard InChI is InChI=1S/C21H24N4O2S2/c1-16-7-6-10-18(13-16)25-20(17-8-4-3-5-9-17)22-24(21(25)28)15-23(2)19-11-12-29(26,27)14-19/h3-10,13,19H,11-12,14-15H2,1-2H3/t19-/m0/s1. The Balaban J connectivity index is 1.75. The zero-order chi connectivity index (χ0) is 20.6. The molecule has 0 saturated carbocycles. The van der Waals surface area contributed by atoms with E-state index in [0.29, 0.717) is 17.9 Å². The highest BCUT2D eigenvalue weighted by Gasteiger charge is 2.31. The number of sulfone groups is 1. The van der Waals surface area contributed by atoms with Crippen molar-refractivity contribution in [3.8, 4) is 17.1 Å². The molecule has 29 heavy (non-hydrogen) atoms. The molecule has 2 heterocycles. The van der Waals surface area contributed by atoms with E-state index >= 15 is 0 Å². The molecule has 1 aromatic heterocycles. The molecule has 1 atom stereocenters. The maximum absolute atomic E-state index is 11.9. The van der Waals surface area contributed by atoms with Gasteiger partial charge in [0.1, 0.15) is 0 Å². The summed E-state index contributed by atoms with van der Waals surface area (Å²) in [5.41, 5.74) is 3.08. The summed E-state index contributed by atoms with van der Waals surface area (Å²) in [6.45, 7) is 2.49. The van der Waals surface area contributed by atoms with E-state index in [4.69, 9.17) is 17.3 Å². The number of hydrogen-bond acceptors (Lipinski definition) is 5. The van der Waals surface area contributed by atoms with Gasteiger partial charge in [-0.15, -0.1) is 5.10 Å². The molecule has 1 saturated heterocycles. The summed E-state index contributed by atoms with van der Waals surface area (Å²) in [6, 6.07) is 18.1. The van der Waals surface area contributed by atoms with Gasteiger partial charge in [0.25, 0.3) is 0 Å². The maximum Gasteiger partial charge on any atom is 0.204 e. The van der Waals surface area contributed by atoms with Crippen LogP contribution in [-0.4, -0.2) is 52.3 Å². The molecule has 0 amide bonds. The molecule has 1 fully saturated rings. The fraction of sp³-hybridized carbons (Fsp3) is 0.333. The second kappa shape index (κ2) is 7.85. The Morgan fingerprint density at radius 1 is 1.17 bits per heavy atom. The normalized spacial score (nSPS) is 18.4. The molecule has 0 bridgehead atoms. The van der Waals surface area contributed by atoms with Gasteiger partial charge in [-0.2, -0.15) is 0 Å². The topological polar surface area (TPSA) is 60.1 Å². The fourth-order valence-corrected chi connectivity index (χ4v) is 5.82. The Kier molecular flexibility index (Phi) is 5.42. The average Bonchev–Trinajstić information content (AvgIpc) is 3.22. The summed E-state index contributed by atoms with van der Waals surface area (Å²) >= 11 is 5.79. The minimum atomic E-state index is -2.94. The molecule has 2 aromatic carbocycles. The zero-order valence-corrected chi connectivity index (χ0v) is 18.2. The summed E-state index contributed by atoms with van der Waals surface area (Å²) in [4.78, 5) is 2.03. The van der Waals surface area contributed by atoms with Crippen molar-refractivity contribution in [2.24, 2.45) is 0 Å². The van der Waals surface area contributed by atoms with E-state index in [1.54, 1.807) is 4.68 Å². The minimum absolute atomic E-state index is 0.00815. The smallest absolute Gasteiger partial charge is 0.204 e. The Bertz CT molecular complexity index is 1180. The van der Waals surface area contributed by atoms with E-state index in [2.05, 4.69) is 6.07 Å². The molecule has 1 aliphatic heterocycles. The molecule has 0 spiro atoms. The van der Waals surface area contributed by atoms with Crippen LogP contribution in [0.25, 0.3) is 17.1 Å². The van der Waals surface area contributed by atoms with Crippen LogP contribution in [0.1, 0.15) is 12.0 Å². The molecule has 4 rings (SSSR count). The van der Waals surface area contributed by atoms with E-state index in [9.17, 15) is 8.42 Å². The van der Waals surface area contributed by atoms with Crippen molar-refractivity contribution in [3.05, 3.63) is 64.9 Å². The van der Waals surface area contributed by atoms with Crippen LogP contribution < -0.4 is 0 Å². The molecule has 152 valence electrons. The van der Waals surface area contributed by atoms with E-state index in [1.807, 2.05) is 72.0 Å². The summed E-state index contributed by atoms with van der Waals surface area (Å²) < 4.78 is 28.1. The molecule has 6 nitrogen and oxygen atoms in total. The second-order valence-corrected chi connectivity index (χ2v) is 10.2. The highest BCUT2D eigenvalue weighted by Crippen LogP contribution is 2.24. The van der Waals surface area contributed by atoms with E-state index in [-0.39, 0.29) is 17.5 Å². The third-order valence-corrected chi connectivity index (χ3v) is 7.46. The third-order valence-electron chi connectivity index (χ3n) is 5.32. The van der Waals surface area contributed by atoms with Crippen molar-refractivity contribution in [1.29, 1.82) is 0 Å². The van der Waals surface area contributed by atoms with Crippen LogP contribution in [0.5, 0.6) is 0 Å². The molecule has 3 aromatic rings. The van der Waals surface area contributed by atoms with Gasteiger partial charge in [-0.25, -0.2) is 13.1 Å². The van der Waals surface area contributed by atoms with Crippen LogP contribution in [0.3, 0.4) is 0 Å². The largest absolute Gasteiger partial charge is 0.283 e. The Morgan fingerprint density at radius 2 is 1.93 bits per heavy atom. The number of hydrogen-bond donors (Lipinski definition) is 0. The van der Waals surface area contributed by atoms with Crippen LogP contribution in [0.4, 0.5) is 0 Å². The van der Waals surface area contributed by atoms with Crippen LogP contribution in [0.2, 0.25) is 0 Å². The highest BCUT2D eigenvalue weighted by molar-refractivity contribution is 7.91. The number of aryl methyl sites for hydroxylation is 1. The molecular weight excluding hydrogens is 404 g/mol. The first-order valence-corrected chi connectivity index (χ1v) is 11.8. The maximum atomic E-state index is 11.9. The van der Waals surface area contributed by atoms with Gasteiger partial charge in [0.2, 0.25) is 4.77 Å². The molecule has 0 unspecified atom stereocenters. The Labute approximate surface area is 176 Å². The number of aromatic nitrogens is 3. The van der Waals surface area contributed by atoms with Crippen molar-refractivity contribution >= 4 is 22.1 Å². The fourth-order valence-electron chi connectivity index (χ4n) is 3.72. The van der Waals surface area contributed by atoms with Gasteiger partial charge < -0.3 is 0 Å². The first kappa shape index (κ1) is 20.0. The Hall–Kier alpha value is -2.29. The van der Waals surface area contributed by atoms with E-state index in [1.165, 1.54) is 0 Å². The predicted octanol–water partition coefficient (Wildman–Crippen LogP) is 3.46. The van der Waals surface area contributed by atoms with Crippen molar-refractivity contribution < 1.29 is 8.42 Å². The number of benzene rings is 2. The van der Waals surface area contributed by atoms with E-state index in [0.717, 1.165) is 22.6 Å². The zero-order valence-electron chi connectivity index (χ0n) is 16.5. The van der Waals surface area contributed by atoms with Gasteiger partial charge in [-0.1, -0.05) is 42.5 Å². The average molecular weight is 429 g/mol. The van der Waals surface area contributed by atoms with Gasteiger partial charge in [0.15, 0.2) is 15.7 Å². The molecule has 8 heteroatoms. The molecule has 0 aliphatic carbocycles. The van der Waals surface area contributed by atoms with Crippen molar-refractivity contribution in [2.75, 3.05) is 18.6 Å². The molecule has 0 N–H and O–H groups in total. The SMILES string of the molecule is Cc1cccc(-n2c(-c3ccccc3)nn(CN(C)[C@H]3CCS(=O)(=O)C3)c2=S)c1. The highest BCUT2D eigenvalue weighted by atomic mass is 32.2. The van der Waals surface area contributed by atoms with Gasteiger partial charge in [0.05, 0.1) is 23.9 Å².